The first-order chi connectivity index (χ1) is 11.1. The third kappa shape index (κ3) is 4.55. The minimum absolute atomic E-state index is 0.0305. The van der Waals surface area contributed by atoms with Gasteiger partial charge in [0.25, 0.3) is 0 Å². The summed E-state index contributed by atoms with van der Waals surface area (Å²) in [5.41, 5.74) is 1.86. The Balaban J connectivity index is 1.49. The van der Waals surface area contributed by atoms with E-state index in [1.807, 2.05) is 31.2 Å². The van der Waals surface area contributed by atoms with E-state index in [0.29, 0.717) is 12.5 Å². The quantitative estimate of drug-likeness (QED) is 0.755. The molecule has 1 aromatic rings. The summed E-state index contributed by atoms with van der Waals surface area (Å²) in [6.07, 6.45) is 4.78. The number of carbonyl (C=O) groups is 2. The fourth-order valence-electron chi connectivity index (χ4n) is 2.98. The largest absolute Gasteiger partial charge is 0.350 e. The number of hydrogen-bond donors (Lipinski definition) is 3. The lowest BCUT2D eigenvalue weighted by Gasteiger charge is -2.17. The molecule has 0 bridgehead atoms. The molecule has 23 heavy (non-hydrogen) atoms. The summed E-state index contributed by atoms with van der Waals surface area (Å²) in [5, 5.41) is 9.31. The van der Waals surface area contributed by atoms with Crippen LogP contribution in [0.3, 0.4) is 0 Å². The first-order valence-corrected chi connectivity index (χ1v) is 8.55. The lowest BCUT2D eigenvalue weighted by molar-refractivity contribution is -0.122. The molecule has 0 radical (unpaired) electrons. The fourth-order valence-corrected chi connectivity index (χ4v) is 2.98. The molecule has 2 aliphatic rings. The number of amides is 2. The Morgan fingerprint density at radius 2 is 1.96 bits per heavy atom. The van der Waals surface area contributed by atoms with Crippen molar-refractivity contribution in [1.29, 1.82) is 0 Å². The number of anilines is 1. The van der Waals surface area contributed by atoms with Gasteiger partial charge in [-0.15, -0.1) is 0 Å². The van der Waals surface area contributed by atoms with Gasteiger partial charge in [-0.2, -0.15) is 0 Å². The molecule has 1 aliphatic heterocycles. The molecule has 2 fully saturated rings. The molecular formula is C18H25N3O2. The molecule has 5 nitrogen and oxygen atoms in total. The average molecular weight is 315 g/mol. The van der Waals surface area contributed by atoms with Gasteiger partial charge in [-0.05, 0) is 56.8 Å². The van der Waals surface area contributed by atoms with Gasteiger partial charge in [0.2, 0.25) is 11.8 Å². The van der Waals surface area contributed by atoms with Gasteiger partial charge < -0.3 is 16.0 Å². The van der Waals surface area contributed by atoms with Crippen LogP contribution < -0.4 is 16.0 Å². The highest BCUT2D eigenvalue weighted by Gasteiger charge is 2.29. The van der Waals surface area contributed by atoms with E-state index in [1.165, 1.54) is 0 Å². The average Bonchev–Trinajstić information content (AvgIpc) is 3.27. The lowest BCUT2D eigenvalue weighted by atomic mass is 10.1. The molecule has 1 aromatic carbocycles. The smallest absolute Gasteiger partial charge is 0.227 e. The first-order valence-electron chi connectivity index (χ1n) is 8.55. The number of hydrogen-bond acceptors (Lipinski definition) is 3. The van der Waals surface area contributed by atoms with E-state index in [2.05, 4.69) is 16.0 Å². The van der Waals surface area contributed by atoms with Crippen molar-refractivity contribution in [2.75, 3.05) is 11.9 Å². The summed E-state index contributed by atoms with van der Waals surface area (Å²) in [5.74, 6) is 0.406. The van der Waals surface area contributed by atoms with Gasteiger partial charge in [-0.1, -0.05) is 12.1 Å². The van der Waals surface area contributed by atoms with Gasteiger partial charge >= 0.3 is 0 Å². The van der Waals surface area contributed by atoms with Crippen LogP contribution in [0.1, 0.15) is 50.6 Å². The maximum absolute atomic E-state index is 12.1. The van der Waals surface area contributed by atoms with Crippen molar-refractivity contribution < 1.29 is 9.59 Å². The molecule has 124 valence electrons. The lowest BCUT2D eigenvalue weighted by Crippen LogP contribution is -2.33. The Morgan fingerprint density at radius 1 is 1.22 bits per heavy atom. The summed E-state index contributed by atoms with van der Waals surface area (Å²) in [7, 11) is 0. The van der Waals surface area contributed by atoms with E-state index in [9.17, 15) is 9.59 Å². The number of rotatable bonds is 6. The second-order valence-corrected chi connectivity index (χ2v) is 6.67. The summed E-state index contributed by atoms with van der Waals surface area (Å²) < 4.78 is 0. The molecule has 1 saturated heterocycles. The molecule has 1 heterocycles. The van der Waals surface area contributed by atoms with Crippen LogP contribution in [0.2, 0.25) is 0 Å². The van der Waals surface area contributed by atoms with Crippen LogP contribution in [0.25, 0.3) is 0 Å². The van der Waals surface area contributed by atoms with Crippen molar-refractivity contribution in [2.24, 2.45) is 5.92 Å². The number of benzene rings is 1. The first kappa shape index (κ1) is 16.0. The zero-order chi connectivity index (χ0) is 16.2. The van der Waals surface area contributed by atoms with Crippen LogP contribution in [0, 0.1) is 5.92 Å². The molecule has 3 rings (SSSR count). The van der Waals surface area contributed by atoms with Gasteiger partial charge in [-0.3, -0.25) is 9.59 Å². The van der Waals surface area contributed by atoms with Gasteiger partial charge in [0, 0.05) is 24.1 Å². The zero-order valence-corrected chi connectivity index (χ0v) is 13.6. The highest BCUT2D eigenvalue weighted by molar-refractivity contribution is 5.94. The predicted molar refractivity (Wildman–Crippen MR) is 90.0 cm³/mol. The molecule has 2 amide bonds. The van der Waals surface area contributed by atoms with E-state index >= 15 is 0 Å². The highest BCUT2D eigenvalue weighted by atomic mass is 16.2. The third-order valence-corrected chi connectivity index (χ3v) is 4.60. The maximum atomic E-state index is 12.1. The summed E-state index contributed by atoms with van der Waals surface area (Å²) in [6.45, 7) is 3.00. The van der Waals surface area contributed by atoms with Crippen molar-refractivity contribution in [1.82, 2.24) is 10.6 Å². The van der Waals surface area contributed by atoms with Crippen molar-refractivity contribution in [2.45, 2.75) is 51.1 Å². The Morgan fingerprint density at radius 3 is 2.57 bits per heavy atom. The zero-order valence-electron chi connectivity index (χ0n) is 13.6. The second-order valence-electron chi connectivity index (χ2n) is 6.67. The Kier molecular flexibility index (Phi) is 4.96. The fraction of sp³-hybridized carbons (Fsp3) is 0.556. The molecule has 1 saturated carbocycles. The standard InChI is InChI=1S/C18H25N3O2/c1-12(20-17(22)11-16-3-2-10-19-16)13-6-8-15(9-7-13)21-18(23)14-4-5-14/h6-9,12,14,16,19H,2-5,10-11H2,1H3,(H,20,22)(H,21,23). The van der Waals surface area contributed by atoms with Crippen molar-refractivity contribution >= 4 is 17.5 Å². The van der Waals surface area contributed by atoms with E-state index in [4.69, 9.17) is 0 Å². The molecular weight excluding hydrogens is 290 g/mol. The minimum Gasteiger partial charge on any atom is -0.350 e. The normalized spacial score (nSPS) is 21.7. The van der Waals surface area contributed by atoms with Crippen molar-refractivity contribution in [3.63, 3.8) is 0 Å². The van der Waals surface area contributed by atoms with Gasteiger partial charge in [-0.25, -0.2) is 0 Å². The van der Waals surface area contributed by atoms with Crippen LogP contribution in [0.15, 0.2) is 24.3 Å². The Labute approximate surface area is 137 Å². The van der Waals surface area contributed by atoms with E-state index < -0.39 is 0 Å². The monoisotopic (exact) mass is 315 g/mol. The van der Waals surface area contributed by atoms with Crippen LogP contribution in [0.5, 0.6) is 0 Å². The second kappa shape index (κ2) is 7.13. The topological polar surface area (TPSA) is 70.2 Å². The van der Waals surface area contributed by atoms with E-state index in [1.54, 1.807) is 0 Å². The van der Waals surface area contributed by atoms with Gasteiger partial charge in [0.15, 0.2) is 0 Å². The highest BCUT2D eigenvalue weighted by Crippen LogP contribution is 2.30. The predicted octanol–water partition coefficient (Wildman–Crippen LogP) is 2.35. The Bertz CT molecular complexity index is 560. The molecule has 3 N–H and O–H groups in total. The van der Waals surface area contributed by atoms with Crippen LogP contribution in [-0.4, -0.2) is 24.4 Å². The van der Waals surface area contributed by atoms with Crippen LogP contribution in [-0.2, 0) is 9.59 Å². The number of carbonyl (C=O) groups excluding carboxylic acids is 2. The molecule has 1 aliphatic carbocycles. The maximum Gasteiger partial charge on any atom is 0.227 e. The molecule has 2 unspecified atom stereocenters. The van der Waals surface area contributed by atoms with Crippen LogP contribution in [0.4, 0.5) is 5.69 Å². The minimum atomic E-state index is -0.0305. The van der Waals surface area contributed by atoms with E-state index in [-0.39, 0.29) is 23.8 Å². The Hall–Kier alpha value is -1.88. The SMILES string of the molecule is CC(NC(=O)CC1CCCN1)c1ccc(NC(=O)C2CC2)cc1. The molecule has 2 atom stereocenters. The summed E-state index contributed by atoms with van der Waals surface area (Å²) in [6, 6.07) is 8.01. The number of nitrogens with one attached hydrogen (secondary N) is 3. The summed E-state index contributed by atoms with van der Waals surface area (Å²) in [4.78, 5) is 23.8. The van der Waals surface area contributed by atoms with Crippen LogP contribution >= 0.6 is 0 Å². The molecule has 0 aromatic heterocycles. The van der Waals surface area contributed by atoms with Crippen molar-refractivity contribution in [3.05, 3.63) is 29.8 Å². The van der Waals surface area contributed by atoms with Crippen molar-refractivity contribution in [3.8, 4) is 0 Å². The summed E-state index contributed by atoms with van der Waals surface area (Å²) >= 11 is 0. The van der Waals surface area contributed by atoms with Gasteiger partial charge in [0.05, 0.1) is 6.04 Å². The van der Waals surface area contributed by atoms with Gasteiger partial charge in [0.1, 0.15) is 0 Å². The third-order valence-electron chi connectivity index (χ3n) is 4.60. The molecule has 0 spiro atoms. The molecule has 5 heteroatoms. The van der Waals surface area contributed by atoms with E-state index in [0.717, 1.165) is 43.5 Å².